The van der Waals surface area contributed by atoms with Gasteiger partial charge in [-0.15, -0.1) is 5.11 Å². The summed E-state index contributed by atoms with van der Waals surface area (Å²) < 4.78 is 5.47. The van der Waals surface area contributed by atoms with Crippen molar-refractivity contribution < 1.29 is 4.52 Å². The molecule has 0 aliphatic rings. The third-order valence-corrected chi connectivity index (χ3v) is 4.19. The lowest BCUT2D eigenvalue weighted by Crippen LogP contribution is -1.89. The Labute approximate surface area is 168 Å². The van der Waals surface area contributed by atoms with Crippen molar-refractivity contribution >= 4 is 23.5 Å². The Balaban J connectivity index is 1.64. The number of nitrogens with one attached hydrogen (secondary N) is 1. The van der Waals surface area contributed by atoms with E-state index in [2.05, 4.69) is 25.9 Å². The summed E-state index contributed by atoms with van der Waals surface area (Å²) in [4.78, 5) is 0. The number of hydrogen-bond acceptors (Lipinski definition) is 6. The summed E-state index contributed by atoms with van der Waals surface area (Å²) in [7, 11) is 0. The third kappa shape index (κ3) is 4.62. The summed E-state index contributed by atoms with van der Waals surface area (Å²) in [5.74, 6) is 0.326. The maximum atomic E-state index is 5.47. The normalized spacial score (nSPS) is 11.3. The lowest BCUT2D eigenvalue weighted by atomic mass is 10.1. The van der Waals surface area contributed by atoms with Crippen LogP contribution in [0.2, 0.25) is 0 Å². The van der Waals surface area contributed by atoms with Crippen LogP contribution >= 0.6 is 0 Å². The fourth-order valence-corrected chi connectivity index (χ4v) is 2.66. The lowest BCUT2D eigenvalue weighted by molar-refractivity contribution is 0.435. The van der Waals surface area contributed by atoms with Crippen LogP contribution in [0.1, 0.15) is 11.1 Å². The first-order chi connectivity index (χ1) is 14.3. The van der Waals surface area contributed by atoms with Gasteiger partial charge in [-0.05, 0) is 24.6 Å². The number of azo groups is 1. The highest BCUT2D eigenvalue weighted by molar-refractivity contribution is 5.82. The number of aryl methyl sites for hydroxylation is 1. The third-order valence-electron chi connectivity index (χ3n) is 4.19. The molecule has 0 aliphatic heterocycles. The molecule has 0 atom stereocenters. The van der Waals surface area contributed by atoms with Crippen molar-refractivity contribution in [3.8, 4) is 11.3 Å². The Morgan fingerprint density at radius 1 is 0.828 bits per heavy atom. The number of hydrogen-bond donors (Lipinski definition) is 1. The van der Waals surface area contributed by atoms with Crippen molar-refractivity contribution in [3.63, 3.8) is 0 Å². The molecule has 0 spiro atoms. The van der Waals surface area contributed by atoms with Gasteiger partial charge in [0.2, 0.25) is 0 Å². The molecular weight excluding hydrogens is 362 g/mol. The lowest BCUT2D eigenvalue weighted by Gasteiger charge is -1.99. The molecule has 4 aromatic rings. The fourth-order valence-electron chi connectivity index (χ4n) is 2.66. The zero-order valence-corrected chi connectivity index (χ0v) is 15.9. The van der Waals surface area contributed by atoms with E-state index in [1.807, 2.05) is 91.9 Å². The van der Waals surface area contributed by atoms with Crippen LogP contribution in [0.25, 0.3) is 11.3 Å². The van der Waals surface area contributed by atoms with Crippen LogP contribution < -0.4 is 5.43 Å². The van der Waals surface area contributed by atoms with Gasteiger partial charge < -0.3 is 4.52 Å². The van der Waals surface area contributed by atoms with Crippen LogP contribution in [0.15, 0.2) is 105 Å². The molecule has 3 aromatic carbocycles. The number of nitrogens with zero attached hydrogens (tertiary/aromatic N) is 4. The second kappa shape index (κ2) is 8.75. The first kappa shape index (κ1) is 18.3. The van der Waals surface area contributed by atoms with E-state index < -0.39 is 0 Å². The van der Waals surface area contributed by atoms with Crippen LogP contribution in [0.3, 0.4) is 0 Å². The molecule has 0 bridgehead atoms. The molecule has 4 rings (SSSR count). The monoisotopic (exact) mass is 381 g/mol. The van der Waals surface area contributed by atoms with Crippen LogP contribution in [0.5, 0.6) is 0 Å². The minimum Gasteiger partial charge on any atom is -0.334 e. The number of anilines is 1. The molecule has 0 unspecified atom stereocenters. The molecule has 1 N–H and O–H groups in total. The minimum atomic E-state index is 0.326. The van der Waals surface area contributed by atoms with Crippen molar-refractivity contribution in [2.24, 2.45) is 15.3 Å². The molecule has 0 amide bonds. The van der Waals surface area contributed by atoms with E-state index in [9.17, 15) is 0 Å². The van der Waals surface area contributed by atoms with E-state index in [1.54, 1.807) is 6.21 Å². The highest BCUT2D eigenvalue weighted by atomic mass is 16.5. The minimum absolute atomic E-state index is 0.326. The molecule has 1 aromatic heterocycles. The van der Waals surface area contributed by atoms with Gasteiger partial charge in [-0.2, -0.15) is 10.2 Å². The average molecular weight is 381 g/mol. The van der Waals surface area contributed by atoms with E-state index in [0.717, 1.165) is 22.4 Å². The van der Waals surface area contributed by atoms with E-state index in [-0.39, 0.29) is 0 Å². The molecular formula is C23H19N5O. The van der Waals surface area contributed by atoms with Crippen LogP contribution in [-0.2, 0) is 0 Å². The predicted molar refractivity (Wildman–Crippen MR) is 115 cm³/mol. The van der Waals surface area contributed by atoms with Crippen LogP contribution in [-0.4, -0.2) is 11.4 Å². The smallest absolute Gasteiger partial charge is 0.273 e. The Hall–Kier alpha value is -4.06. The van der Waals surface area contributed by atoms with Gasteiger partial charge in [-0.3, -0.25) is 0 Å². The Kier molecular flexibility index (Phi) is 5.53. The second-order valence-corrected chi connectivity index (χ2v) is 6.39. The number of benzene rings is 3. The average Bonchev–Trinajstić information content (AvgIpc) is 3.17. The highest BCUT2D eigenvalue weighted by Crippen LogP contribution is 2.37. The Bertz CT molecular complexity index is 1120. The molecule has 6 heteroatoms. The van der Waals surface area contributed by atoms with Gasteiger partial charge >= 0.3 is 0 Å². The predicted octanol–water partition coefficient (Wildman–Crippen LogP) is 6.51. The molecule has 1 heterocycles. The SMILES string of the molecule is Cc1ccc(N=Nc2c(-c3ccccc3)noc2N/N=C/c2ccccc2)cc1. The van der Waals surface area contributed by atoms with E-state index in [0.29, 0.717) is 17.3 Å². The quantitative estimate of drug-likeness (QED) is 0.235. The Morgan fingerprint density at radius 3 is 2.24 bits per heavy atom. The van der Waals surface area contributed by atoms with Crippen molar-refractivity contribution in [3.05, 3.63) is 96.1 Å². The zero-order valence-electron chi connectivity index (χ0n) is 15.9. The van der Waals surface area contributed by atoms with Gasteiger partial charge in [0.05, 0.1) is 11.9 Å². The van der Waals surface area contributed by atoms with Gasteiger partial charge in [0.25, 0.3) is 5.88 Å². The molecule has 0 radical (unpaired) electrons. The van der Waals surface area contributed by atoms with E-state index in [1.165, 1.54) is 0 Å². The van der Waals surface area contributed by atoms with Gasteiger partial charge in [-0.25, -0.2) is 5.43 Å². The summed E-state index contributed by atoms with van der Waals surface area (Å²) in [5, 5.41) is 17.1. The number of hydrazone groups is 1. The molecule has 0 aliphatic carbocycles. The number of rotatable bonds is 6. The molecule has 29 heavy (non-hydrogen) atoms. The summed E-state index contributed by atoms with van der Waals surface area (Å²) in [6, 6.07) is 27.3. The van der Waals surface area contributed by atoms with Gasteiger partial charge in [0.1, 0.15) is 5.69 Å². The maximum absolute atomic E-state index is 5.47. The standard InChI is InChI=1S/C23H19N5O/c1-17-12-14-20(15-13-17)25-26-22-21(19-10-6-3-7-11-19)28-29-23(22)27-24-16-18-8-4-2-5-9-18/h2-16,27H,1H3/b24-16+,26-25?. The molecule has 0 fully saturated rings. The summed E-state index contributed by atoms with van der Waals surface area (Å²) in [6.07, 6.45) is 1.70. The van der Waals surface area contributed by atoms with E-state index in [4.69, 9.17) is 4.52 Å². The summed E-state index contributed by atoms with van der Waals surface area (Å²) in [5.41, 5.74) is 7.72. The Morgan fingerprint density at radius 2 is 1.52 bits per heavy atom. The van der Waals surface area contributed by atoms with Crippen molar-refractivity contribution in [1.82, 2.24) is 5.16 Å². The van der Waals surface area contributed by atoms with Crippen molar-refractivity contribution in [2.75, 3.05) is 5.43 Å². The van der Waals surface area contributed by atoms with Gasteiger partial charge in [-0.1, -0.05) is 83.5 Å². The van der Waals surface area contributed by atoms with Gasteiger partial charge in [0.15, 0.2) is 5.69 Å². The largest absolute Gasteiger partial charge is 0.334 e. The van der Waals surface area contributed by atoms with Crippen LogP contribution in [0, 0.1) is 6.92 Å². The topological polar surface area (TPSA) is 75.1 Å². The second-order valence-electron chi connectivity index (χ2n) is 6.39. The van der Waals surface area contributed by atoms with Crippen molar-refractivity contribution in [2.45, 2.75) is 6.92 Å². The first-order valence-electron chi connectivity index (χ1n) is 9.17. The van der Waals surface area contributed by atoms with E-state index >= 15 is 0 Å². The van der Waals surface area contributed by atoms with Crippen molar-refractivity contribution in [1.29, 1.82) is 0 Å². The fraction of sp³-hybridized carbons (Fsp3) is 0.0435. The van der Waals surface area contributed by atoms with Crippen LogP contribution in [0.4, 0.5) is 17.3 Å². The van der Waals surface area contributed by atoms with Gasteiger partial charge in [0, 0.05) is 5.56 Å². The summed E-state index contributed by atoms with van der Waals surface area (Å²) >= 11 is 0. The molecule has 6 nitrogen and oxygen atoms in total. The zero-order chi connectivity index (χ0) is 19.9. The molecule has 0 saturated heterocycles. The molecule has 0 saturated carbocycles. The maximum Gasteiger partial charge on any atom is 0.273 e. The highest BCUT2D eigenvalue weighted by Gasteiger charge is 2.17. The first-order valence-corrected chi connectivity index (χ1v) is 9.17. The molecule has 142 valence electrons. The number of aromatic nitrogens is 1. The summed E-state index contributed by atoms with van der Waals surface area (Å²) in [6.45, 7) is 2.03.